The largest absolute Gasteiger partial charge is 0.309 e. The molecule has 2 heterocycles. The molecule has 0 bridgehead atoms. The van der Waals surface area contributed by atoms with Gasteiger partial charge in [0.1, 0.15) is 0 Å². The summed E-state index contributed by atoms with van der Waals surface area (Å²) in [6.07, 6.45) is 0. The monoisotopic (exact) mass is 612 g/mol. The molecule has 0 spiro atoms. The van der Waals surface area contributed by atoms with Crippen LogP contribution in [0.5, 0.6) is 0 Å². The van der Waals surface area contributed by atoms with Gasteiger partial charge in [-0.3, -0.25) is 0 Å². The molecule has 0 fully saturated rings. The van der Waals surface area contributed by atoms with Gasteiger partial charge >= 0.3 is 0 Å². The highest BCUT2D eigenvalue weighted by atomic mass is 15.0. The normalized spacial score (nSPS) is 20.4. The predicted octanol–water partition coefficient (Wildman–Crippen LogP) is 11.9. The number of rotatable bonds is 3. The zero-order valence-electron chi connectivity index (χ0n) is 50.9. The van der Waals surface area contributed by atoms with E-state index in [9.17, 15) is 11.0 Å². The van der Waals surface area contributed by atoms with E-state index in [2.05, 4.69) is 0 Å². The van der Waals surface area contributed by atoms with E-state index in [1.165, 1.54) is 0 Å². The molecule has 0 aliphatic rings. The van der Waals surface area contributed by atoms with Crippen LogP contribution in [0.1, 0.15) is 38.4 Å². The van der Waals surface area contributed by atoms with Crippen molar-refractivity contribution in [3.8, 4) is 22.5 Å². The molecule has 0 atom stereocenters. The van der Waals surface area contributed by atoms with Crippen molar-refractivity contribution in [2.24, 2.45) is 0 Å². The van der Waals surface area contributed by atoms with Crippen molar-refractivity contribution in [2.45, 2.75) is 0 Å². The second-order valence-corrected chi connectivity index (χ2v) is 10.0. The van der Waals surface area contributed by atoms with Gasteiger partial charge in [-0.25, -0.2) is 0 Å². The Morgan fingerprint density at radius 2 is 0.696 bits per heavy atom. The molecule has 2 nitrogen and oxygen atoms in total. The Morgan fingerprint density at radius 1 is 0.304 bits per heavy atom. The number of hydrogen-bond acceptors (Lipinski definition) is 0. The van der Waals surface area contributed by atoms with Crippen LogP contribution in [0.4, 0.5) is 0 Å². The summed E-state index contributed by atoms with van der Waals surface area (Å²) >= 11 is 0. The third-order valence-electron chi connectivity index (χ3n) is 7.49. The Morgan fingerprint density at radius 3 is 1.17 bits per heavy atom. The third kappa shape index (κ3) is 3.71. The molecular weight excluding hydrogens is 556 g/mol. The first-order valence-electron chi connectivity index (χ1n) is 27.6. The molecule has 0 amide bonds. The molecular formula is C44H28N2. The molecule has 0 radical (unpaired) electrons. The first-order valence-corrected chi connectivity index (χ1v) is 13.6. The van der Waals surface area contributed by atoms with Crippen LogP contribution in [0.15, 0.2) is 169 Å². The average molecular weight is 613 g/mol. The summed E-state index contributed by atoms with van der Waals surface area (Å²) in [6.45, 7) is 0. The summed E-state index contributed by atoms with van der Waals surface area (Å²) in [5.74, 6) is 0. The van der Waals surface area contributed by atoms with Gasteiger partial charge in [0.05, 0.1) is 60.4 Å². The minimum absolute atomic E-state index is 0.543. The van der Waals surface area contributed by atoms with Crippen LogP contribution >= 0.6 is 0 Å². The molecule has 46 heavy (non-hydrogen) atoms. The molecule has 0 N–H and O–H groups in total. The summed E-state index contributed by atoms with van der Waals surface area (Å²) in [4.78, 5) is 0. The van der Waals surface area contributed by atoms with Crippen molar-refractivity contribution in [3.05, 3.63) is 169 Å². The van der Waals surface area contributed by atoms with E-state index in [1.54, 1.807) is 0 Å². The van der Waals surface area contributed by atoms with Crippen molar-refractivity contribution in [2.75, 3.05) is 0 Å². The van der Waals surface area contributed by atoms with Crippen molar-refractivity contribution in [1.82, 2.24) is 9.13 Å². The van der Waals surface area contributed by atoms with E-state index < -0.39 is 257 Å². The summed E-state index contributed by atoms with van der Waals surface area (Å²) in [5.41, 5.74) is -5.69. The van der Waals surface area contributed by atoms with Crippen LogP contribution in [0.25, 0.3) is 87.7 Å². The molecule has 0 saturated carbocycles. The highest BCUT2D eigenvalue weighted by Gasteiger charge is 2.16. The number of benzene rings is 8. The van der Waals surface area contributed by atoms with Gasteiger partial charge in [0.2, 0.25) is 0 Å². The molecule has 214 valence electrons. The van der Waals surface area contributed by atoms with Crippen LogP contribution in [0.2, 0.25) is 0 Å². The smallest absolute Gasteiger partial charge is 0.0651 e. The zero-order valence-corrected chi connectivity index (χ0v) is 22.9. The standard InChI is InChI=1S/C44H28N2/c1-3-11-31-25-35(21-17-29(31)9-1)45-41-15-7-5-13-37(41)39-27-33(19-23-43(39)45)34-20-24-44-40(28-34)38-14-6-8-16-42(38)46(44)36-22-18-30-10-2-4-12-32(30)26-36/h1-28H/i1D,2D,3D,4D,5D,6D,7D,8D,9D,10D,11D,12D,13D,14D,15D,16D,17D,18D,19D,20D,21D,22D,23D,24D,25D,26D,27D,28D. The molecule has 0 aliphatic heterocycles. The van der Waals surface area contributed by atoms with Crippen molar-refractivity contribution < 1.29 is 38.4 Å². The fourth-order valence-corrected chi connectivity index (χ4v) is 5.49. The van der Waals surface area contributed by atoms with Gasteiger partial charge in [0.15, 0.2) is 0 Å². The highest BCUT2D eigenvalue weighted by molar-refractivity contribution is 6.13. The minimum atomic E-state index is -1.04. The molecule has 8 aromatic carbocycles. The topological polar surface area (TPSA) is 9.86 Å². The van der Waals surface area contributed by atoms with Gasteiger partial charge in [0.25, 0.3) is 0 Å². The van der Waals surface area contributed by atoms with E-state index in [-0.39, 0.29) is 0 Å². The molecule has 2 heteroatoms. The van der Waals surface area contributed by atoms with Gasteiger partial charge < -0.3 is 9.13 Å². The van der Waals surface area contributed by atoms with E-state index in [0.717, 1.165) is 9.13 Å². The molecule has 10 rings (SSSR count). The van der Waals surface area contributed by atoms with Gasteiger partial charge in [-0.15, -0.1) is 0 Å². The lowest BCUT2D eigenvalue weighted by atomic mass is 10.0. The van der Waals surface area contributed by atoms with Crippen molar-refractivity contribution in [1.29, 1.82) is 0 Å². The fourth-order valence-electron chi connectivity index (χ4n) is 5.49. The van der Waals surface area contributed by atoms with E-state index >= 15 is 0 Å². The number of hydrogen-bond donors (Lipinski definition) is 0. The van der Waals surface area contributed by atoms with Gasteiger partial charge in [-0.05, 0) is 93.1 Å². The van der Waals surface area contributed by atoms with Crippen molar-refractivity contribution >= 4 is 65.2 Å². The SMILES string of the molecule is [2H]c1c([2H])c([2H])c2c([2H])c(-n3c4c([2H])c([2H])c([2H])c([2H])c4c4c([2H])c(-c5c([2H])c([2H])c6c(c5[2H])c5c([2H])c([2H])c([2H])c([2H])c5n6-c5c([2H])c([2H])c6c([2H])c([2H])c([2H])c([2H])c6c5[2H])c([2H])c([2H])c43)c([2H])c([2H])c2c1[2H]. The first kappa shape index (κ1) is 10.2. The fraction of sp³-hybridized carbons (Fsp3) is 0. The predicted molar refractivity (Wildman–Crippen MR) is 196 cm³/mol. The van der Waals surface area contributed by atoms with E-state index in [1.807, 2.05) is 0 Å². The lowest BCUT2D eigenvalue weighted by molar-refractivity contribution is 1.18. The molecule has 0 aliphatic carbocycles. The average Bonchev–Trinajstić information content (AvgIpc) is 3.91. The summed E-state index contributed by atoms with van der Waals surface area (Å²) < 4.78 is 252. The second kappa shape index (κ2) is 9.69. The third-order valence-corrected chi connectivity index (χ3v) is 7.49. The molecule has 10 aromatic rings. The molecule has 0 saturated heterocycles. The molecule has 2 aromatic heterocycles. The van der Waals surface area contributed by atoms with Crippen LogP contribution in [-0.4, -0.2) is 9.13 Å². The van der Waals surface area contributed by atoms with Crippen LogP contribution in [0.3, 0.4) is 0 Å². The summed E-state index contributed by atoms with van der Waals surface area (Å²) in [5, 5.41) is -4.63. The number of nitrogens with zero attached hydrogens (tertiary/aromatic N) is 2. The maximum absolute atomic E-state index is 9.81. The van der Waals surface area contributed by atoms with Gasteiger partial charge in [0, 0.05) is 32.9 Å². The lowest BCUT2D eigenvalue weighted by Crippen LogP contribution is -1.94. The van der Waals surface area contributed by atoms with Gasteiger partial charge in [-0.1, -0.05) is 109 Å². The van der Waals surface area contributed by atoms with E-state index in [0.29, 0.717) is 0 Å². The first-order chi connectivity index (χ1) is 34.5. The molecule has 0 unspecified atom stereocenters. The van der Waals surface area contributed by atoms with Crippen LogP contribution < -0.4 is 0 Å². The van der Waals surface area contributed by atoms with Crippen molar-refractivity contribution in [3.63, 3.8) is 0 Å². The number of fused-ring (bicyclic) bond motifs is 8. The Kier molecular flexibility index (Phi) is 2.15. The highest BCUT2D eigenvalue weighted by Crippen LogP contribution is 2.38. The summed E-state index contributed by atoms with van der Waals surface area (Å²) in [6, 6.07) is -24.7. The maximum Gasteiger partial charge on any atom is 0.0651 e. The maximum atomic E-state index is 9.81. The zero-order chi connectivity index (χ0) is 54.6. The minimum Gasteiger partial charge on any atom is -0.309 e. The lowest BCUT2D eigenvalue weighted by Gasteiger charge is -2.10. The Bertz CT molecular complexity index is 4120. The second-order valence-electron chi connectivity index (χ2n) is 10.0. The quantitative estimate of drug-likeness (QED) is 0.188. The Hall–Kier alpha value is -6.12. The van der Waals surface area contributed by atoms with Gasteiger partial charge in [-0.2, -0.15) is 0 Å². The number of aromatic nitrogens is 2. The van der Waals surface area contributed by atoms with Crippen LogP contribution in [-0.2, 0) is 0 Å². The summed E-state index contributed by atoms with van der Waals surface area (Å²) in [7, 11) is 0. The Labute approximate surface area is 305 Å². The van der Waals surface area contributed by atoms with E-state index in [4.69, 9.17) is 27.4 Å². The van der Waals surface area contributed by atoms with Crippen LogP contribution in [0, 0.1) is 0 Å². The number of para-hydroxylation sites is 2. The Balaban J connectivity index is 1.42.